The molecule has 2 fully saturated rings. The molecule has 2 aliphatic rings. The van der Waals surface area contributed by atoms with E-state index in [9.17, 15) is 14.7 Å². The Morgan fingerprint density at radius 3 is 2.10 bits per heavy atom. The first-order valence-electron chi connectivity index (χ1n) is 7.23. The normalized spacial score (nSPS) is 22.4. The minimum absolute atomic E-state index is 0.292. The largest absolute Gasteiger partial charge is 0.480 e. The zero-order chi connectivity index (χ0) is 14.9. The smallest absolute Gasteiger partial charge is 0.410 e. The van der Waals surface area contributed by atoms with Gasteiger partial charge in [0.15, 0.2) is 0 Å². The van der Waals surface area contributed by atoms with E-state index < -0.39 is 11.6 Å². The van der Waals surface area contributed by atoms with Gasteiger partial charge in [-0.15, -0.1) is 0 Å². The van der Waals surface area contributed by atoms with Gasteiger partial charge in [0.05, 0.1) is 0 Å². The molecule has 2 rings (SSSR count). The summed E-state index contributed by atoms with van der Waals surface area (Å²) in [5, 5.41) is 9.32. The van der Waals surface area contributed by atoms with Crippen molar-refractivity contribution in [3.05, 3.63) is 0 Å². The third-order valence-corrected chi connectivity index (χ3v) is 3.68. The van der Waals surface area contributed by atoms with Gasteiger partial charge in [0.2, 0.25) is 0 Å². The molecule has 1 amide bonds. The first-order valence-corrected chi connectivity index (χ1v) is 7.23. The first-order chi connectivity index (χ1) is 9.28. The van der Waals surface area contributed by atoms with Gasteiger partial charge in [0.25, 0.3) is 0 Å². The lowest BCUT2D eigenvalue weighted by molar-refractivity contribution is -0.144. The topological polar surface area (TPSA) is 70.1 Å². The Hall–Kier alpha value is -1.30. The molecule has 1 aliphatic heterocycles. The quantitative estimate of drug-likeness (QED) is 0.848. The number of hydrogen-bond donors (Lipinski definition) is 1. The Bertz CT molecular complexity index is 379. The molecule has 0 bridgehead atoms. The molecule has 20 heavy (non-hydrogen) atoms. The molecule has 1 saturated heterocycles. The van der Waals surface area contributed by atoms with Crippen LogP contribution < -0.4 is 0 Å². The number of aliphatic carboxylic acids is 1. The maximum absolute atomic E-state index is 11.9. The van der Waals surface area contributed by atoms with E-state index in [1.807, 2.05) is 25.7 Å². The van der Waals surface area contributed by atoms with Crippen molar-refractivity contribution in [3.63, 3.8) is 0 Å². The lowest BCUT2D eigenvalue weighted by Gasteiger charge is -2.38. The Labute approximate surface area is 119 Å². The summed E-state index contributed by atoms with van der Waals surface area (Å²) in [5.74, 6) is -0.446. The van der Waals surface area contributed by atoms with Gasteiger partial charge in [-0.25, -0.2) is 4.79 Å². The second kappa shape index (κ2) is 5.60. The van der Waals surface area contributed by atoms with Crippen LogP contribution in [0, 0.1) is 5.92 Å². The van der Waals surface area contributed by atoms with Crippen LogP contribution in [0.3, 0.4) is 0 Å². The van der Waals surface area contributed by atoms with Crippen molar-refractivity contribution in [2.24, 2.45) is 5.92 Å². The van der Waals surface area contributed by atoms with Gasteiger partial charge >= 0.3 is 12.1 Å². The van der Waals surface area contributed by atoms with E-state index in [2.05, 4.69) is 0 Å². The Balaban J connectivity index is 1.85. The highest BCUT2D eigenvalue weighted by atomic mass is 16.6. The number of nitrogens with zero attached hydrogens (tertiary/aromatic N) is 2. The van der Waals surface area contributed by atoms with Crippen LogP contribution in [-0.2, 0) is 9.53 Å². The molecule has 0 radical (unpaired) electrons. The van der Waals surface area contributed by atoms with Crippen molar-refractivity contribution < 1.29 is 19.4 Å². The minimum Gasteiger partial charge on any atom is -0.480 e. The number of carboxylic acid groups (broad SMARTS) is 1. The van der Waals surface area contributed by atoms with Gasteiger partial charge in [-0.05, 0) is 39.5 Å². The number of ether oxygens (including phenoxy) is 1. The molecule has 1 aliphatic carbocycles. The van der Waals surface area contributed by atoms with Crippen molar-refractivity contribution in [3.8, 4) is 0 Å². The maximum atomic E-state index is 11.9. The van der Waals surface area contributed by atoms with E-state index in [0.29, 0.717) is 32.1 Å². The SMILES string of the molecule is CC(C)(C)OC(=O)N1CCN([C@@H](C(=O)O)C2CC2)CC1. The van der Waals surface area contributed by atoms with Crippen LogP contribution in [0.1, 0.15) is 33.6 Å². The number of carboxylic acids is 1. The lowest BCUT2D eigenvalue weighted by atomic mass is 10.1. The van der Waals surface area contributed by atoms with E-state index in [0.717, 1.165) is 12.8 Å². The summed E-state index contributed by atoms with van der Waals surface area (Å²) >= 11 is 0. The van der Waals surface area contributed by atoms with Gasteiger partial charge in [-0.3, -0.25) is 9.69 Å². The summed E-state index contributed by atoms with van der Waals surface area (Å²) in [6, 6.07) is -0.379. The van der Waals surface area contributed by atoms with Crippen LogP contribution in [0.15, 0.2) is 0 Å². The fraction of sp³-hybridized carbons (Fsp3) is 0.857. The van der Waals surface area contributed by atoms with Crippen molar-refractivity contribution in [1.29, 1.82) is 0 Å². The molecule has 6 heteroatoms. The van der Waals surface area contributed by atoms with Gasteiger partial charge in [0, 0.05) is 26.2 Å². The number of amides is 1. The van der Waals surface area contributed by atoms with Gasteiger partial charge in [-0.2, -0.15) is 0 Å². The zero-order valence-corrected chi connectivity index (χ0v) is 12.5. The summed E-state index contributed by atoms with van der Waals surface area (Å²) in [4.78, 5) is 26.9. The fourth-order valence-corrected chi connectivity index (χ4v) is 2.58. The third-order valence-electron chi connectivity index (χ3n) is 3.68. The molecule has 1 heterocycles. The summed E-state index contributed by atoms with van der Waals surface area (Å²) < 4.78 is 5.33. The minimum atomic E-state index is -0.738. The van der Waals surface area contributed by atoms with Crippen LogP contribution in [0.2, 0.25) is 0 Å². The average molecular weight is 284 g/mol. The number of carbonyl (C=O) groups is 2. The van der Waals surface area contributed by atoms with Crippen molar-refractivity contribution in [2.45, 2.75) is 45.3 Å². The van der Waals surface area contributed by atoms with E-state index in [1.54, 1.807) is 4.90 Å². The molecule has 0 unspecified atom stereocenters. The molecule has 0 spiro atoms. The summed E-state index contributed by atoms with van der Waals surface area (Å²) in [7, 11) is 0. The fourth-order valence-electron chi connectivity index (χ4n) is 2.58. The molecule has 0 aromatic rings. The summed E-state index contributed by atoms with van der Waals surface area (Å²) in [5.41, 5.74) is -0.494. The lowest BCUT2D eigenvalue weighted by Crippen LogP contribution is -2.55. The summed E-state index contributed by atoms with van der Waals surface area (Å²) in [6.07, 6.45) is 1.70. The molecular formula is C14H24N2O4. The monoisotopic (exact) mass is 284 g/mol. The summed E-state index contributed by atoms with van der Waals surface area (Å²) in [6.45, 7) is 7.80. The molecule has 1 atom stereocenters. The van der Waals surface area contributed by atoms with Gasteiger partial charge < -0.3 is 14.7 Å². The second-order valence-corrected chi connectivity index (χ2v) is 6.62. The maximum Gasteiger partial charge on any atom is 0.410 e. The number of piperazine rings is 1. The average Bonchev–Trinajstić information content (AvgIpc) is 3.12. The highest BCUT2D eigenvalue weighted by molar-refractivity contribution is 5.74. The number of rotatable bonds is 3. The van der Waals surface area contributed by atoms with Crippen molar-refractivity contribution in [1.82, 2.24) is 9.80 Å². The standard InChI is InChI=1S/C14H24N2O4/c1-14(2,3)20-13(19)16-8-6-15(7-9-16)11(12(17)18)10-4-5-10/h10-11H,4-9H2,1-3H3,(H,17,18)/t11-/m1/s1. The molecule has 1 N–H and O–H groups in total. The van der Waals surface area contributed by atoms with Crippen LogP contribution in [0.25, 0.3) is 0 Å². The van der Waals surface area contributed by atoms with Crippen LogP contribution in [-0.4, -0.2) is 64.8 Å². The molecule has 1 saturated carbocycles. The first kappa shape index (κ1) is 15.1. The molecule has 0 aromatic heterocycles. The predicted molar refractivity (Wildman–Crippen MR) is 73.5 cm³/mol. The van der Waals surface area contributed by atoms with E-state index in [1.165, 1.54) is 0 Å². The van der Waals surface area contributed by atoms with Gasteiger partial charge in [0.1, 0.15) is 11.6 Å². The second-order valence-electron chi connectivity index (χ2n) is 6.62. The van der Waals surface area contributed by atoms with E-state index in [4.69, 9.17) is 4.74 Å². The molecule has 6 nitrogen and oxygen atoms in total. The van der Waals surface area contributed by atoms with Crippen LogP contribution in [0.4, 0.5) is 4.79 Å². The van der Waals surface area contributed by atoms with Gasteiger partial charge in [-0.1, -0.05) is 0 Å². The Kier molecular flexibility index (Phi) is 4.22. The predicted octanol–water partition coefficient (Wildman–Crippen LogP) is 1.40. The van der Waals surface area contributed by atoms with Crippen molar-refractivity contribution in [2.75, 3.05) is 26.2 Å². The Morgan fingerprint density at radius 1 is 1.15 bits per heavy atom. The molecule has 0 aromatic carbocycles. The van der Waals surface area contributed by atoms with E-state index in [-0.39, 0.29) is 12.1 Å². The van der Waals surface area contributed by atoms with E-state index >= 15 is 0 Å². The Morgan fingerprint density at radius 2 is 1.70 bits per heavy atom. The highest BCUT2D eigenvalue weighted by Gasteiger charge is 2.41. The van der Waals surface area contributed by atoms with Crippen molar-refractivity contribution >= 4 is 12.1 Å². The molecule has 114 valence electrons. The molecular weight excluding hydrogens is 260 g/mol. The zero-order valence-electron chi connectivity index (χ0n) is 12.5. The third kappa shape index (κ3) is 3.85. The number of carbonyl (C=O) groups excluding carboxylic acids is 1. The van der Waals surface area contributed by atoms with Crippen LogP contribution in [0.5, 0.6) is 0 Å². The van der Waals surface area contributed by atoms with Crippen LogP contribution >= 0.6 is 0 Å². The number of hydrogen-bond acceptors (Lipinski definition) is 4. The highest BCUT2D eigenvalue weighted by Crippen LogP contribution is 2.35.